The van der Waals surface area contributed by atoms with Gasteiger partial charge in [0.2, 0.25) is 10.0 Å². The molecule has 0 aliphatic carbocycles. The Morgan fingerprint density at radius 3 is 2.15 bits per heavy atom. The van der Waals surface area contributed by atoms with Crippen LogP contribution in [0.2, 0.25) is 0 Å². The van der Waals surface area contributed by atoms with Gasteiger partial charge in [0, 0.05) is 16.3 Å². The van der Waals surface area contributed by atoms with Crippen LogP contribution in [0.3, 0.4) is 0 Å². The predicted molar refractivity (Wildman–Crippen MR) is 154 cm³/mol. The number of carbonyl (C=O) groups excluding carboxylic acids is 1. The number of ether oxygens (including phenoxy) is 2. The van der Waals surface area contributed by atoms with E-state index in [4.69, 9.17) is 14.5 Å². The molecule has 0 aliphatic heterocycles. The summed E-state index contributed by atoms with van der Waals surface area (Å²) < 4.78 is 40.5. The Hall–Kier alpha value is -4.37. The van der Waals surface area contributed by atoms with Crippen molar-refractivity contribution in [2.75, 3.05) is 17.7 Å². The monoisotopic (exact) mass is 543 g/mol. The summed E-state index contributed by atoms with van der Waals surface area (Å²) in [5.41, 5.74) is 2.07. The number of aromatic nitrogens is 2. The first kappa shape index (κ1) is 26.2. The van der Waals surface area contributed by atoms with Crippen molar-refractivity contribution in [3.05, 3.63) is 85.1 Å². The number of hydrogen-bond acceptors (Lipinski definition) is 6. The average Bonchev–Trinajstić information content (AvgIpc) is 3.22. The van der Waals surface area contributed by atoms with Crippen molar-refractivity contribution < 1.29 is 22.7 Å². The van der Waals surface area contributed by atoms with Gasteiger partial charge in [0.05, 0.1) is 36.3 Å². The molecule has 0 fully saturated rings. The summed E-state index contributed by atoms with van der Waals surface area (Å²) in [6, 6.07) is 23.6. The van der Waals surface area contributed by atoms with Gasteiger partial charge in [-0.3, -0.25) is 0 Å². The molecule has 3 aromatic carbocycles. The largest absolute Gasteiger partial charge is 0.497 e. The van der Waals surface area contributed by atoms with E-state index in [9.17, 15) is 13.2 Å². The van der Waals surface area contributed by atoms with Crippen molar-refractivity contribution in [2.24, 2.45) is 0 Å². The van der Waals surface area contributed by atoms with Crippen LogP contribution in [-0.2, 0) is 14.8 Å². The molecule has 0 bridgehead atoms. The molecule has 0 atom stereocenters. The molecule has 2 aromatic heterocycles. The number of hydrogen-bond donors (Lipinski definition) is 0. The number of fused-ring (bicyclic) bond motifs is 3. The molecular weight excluding hydrogens is 514 g/mol. The third-order valence-electron chi connectivity index (χ3n) is 6.15. The summed E-state index contributed by atoms with van der Waals surface area (Å²) in [5, 5.41) is 1.34. The number of para-hydroxylation sites is 1. The van der Waals surface area contributed by atoms with Gasteiger partial charge in [-0.15, -0.1) is 0 Å². The highest BCUT2D eigenvalue weighted by molar-refractivity contribution is 7.92. The lowest BCUT2D eigenvalue weighted by Gasteiger charge is -2.25. The predicted octanol–water partition coefficient (Wildman–Crippen LogP) is 6.75. The number of methoxy groups -OCH3 is 1. The van der Waals surface area contributed by atoms with Gasteiger partial charge in [-0.2, -0.15) is 0 Å². The van der Waals surface area contributed by atoms with Gasteiger partial charge >= 0.3 is 6.09 Å². The number of anilines is 2. The van der Waals surface area contributed by atoms with Gasteiger partial charge < -0.3 is 9.47 Å². The Labute approximate surface area is 227 Å². The van der Waals surface area contributed by atoms with Crippen LogP contribution < -0.4 is 9.04 Å². The van der Waals surface area contributed by atoms with Crippen LogP contribution in [0, 0.1) is 0 Å². The third kappa shape index (κ3) is 4.93. The maximum absolute atomic E-state index is 13.5. The van der Waals surface area contributed by atoms with Crippen molar-refractivity contribution in [3.63, 3.8) is 0 Å². The lowest BCUT2D eigenvalue weighted by atomic mass is 10.00. The van der Waals surface area contributed by atoms with Crippen molar-refractivity contribution in [1.82, 2.24) is 9.55 Å². The second-order valence-electron chi connectivity index (χ2n) is 10.1. The van der Waals surface area contributed by atoms with E-state index >= 15 is 0 Å². The van der Waals surface area contributed by atoms with E-state index < -0.39 is 21.7 Å². The number of benzene rings is 3. The Balaban J connectivity index is 1.97. The number of pyridine rings is 1. The minimum atomic E-state index is -3.82. The van der Waals surface area contributed by atoms with Crippen molar-refractivity contribution >= 4 is 49.4 Å². The summed E-state index contributed by atoms with van der Waals surface area (Å²) in [6.07, 6.45) is 2.10. The molecule has 2 heterocycles. The highest BCUT2D eigenvalue weighted by Crippen LogP contribution is 2.44. The first-order valence-electron chi connectivity index (χ1n) is 12.3. The SMILES string of the molecule is COc1ccc2c(c1)c1c(-c3ccccc3)c(N(c3ccccc3)S(C)(=O)=O)ncc1n2C(=O)OC(C)(C)C. The highest BCUT2D eigenvalue weighted by Gasteiger charge is 2.30. The van der Waals surface area contributed by atoms with Gasteiger partial charge in [-0.05, 0) is 56.7 Å². The Morgan fingerprint density at radius 2 is 1.56 bits per heavy atom. The van der Waals surface area contributed by atoms with E-state index in [1.54, 1.807) is 64.3 Å². The third-order valence-corrected chi connectivity index (χ3v) is 7.19. The van der Waals surface area contributed by atoms with Gasteiger partial charge in [-0.25, -0.2) is 27.1 Å². The maximum Gasteiger partial charge on any atom is 0.419 e. The van der Waals surface area contributed by atoms with Gasteiger partial charge in [0.25, 0.3) is 0 Å². The normalized spacial score (nSPS) is 12.0. The van der Waals surface area contributed by atoms with Crippen molar-refractivity contribution in [1.29, 1.82) is 0 Å². The quantitative estimate of drug-likeness (QED) is 0.244. The molecule has 8 nitrogen and oxygen atoms in total. The van der Waals surface area contributed by atoms with E-state index in [0.717, 1.165) is 11.8 Å². The molecule has 0 N–H and O–H groups in total. The molecule has 200 valence electrons. The maximum atomic E-state index is 13.5. The molecule has 0 saturated heterocycles. The molecule has 0 aliphatic rings. The smallest absolute Gasteiger partial charge is 0.419 e. The lowest BCUT2D eigenvalue weighted by molar-refractivity contribution is 0.0551. The van der Waals surface area contributed by atoms with E-state index in [1.165, 1.54) is 15.1 Å². The van der Waals surface area contributed by atoms with Gasteiger partial charge in [-0.1, -0.05) is 48.5 Å². The van der Waals surface area contributed by atoms with Gasteiger partial charge in [0.1, 0.15) is 11.4 Å². The number of nitrogens with zero attached hydrogens (tertiary/aromatic N) is 3. The Kier molecular flexibility index (Phi) is 6.56. The van der Waals surface area contributed by atoms with Crippen LogP contribution >= 0.6 is 0 Å². The molecule has 0 radical (unpaired) electrons. The zero-order valence-corrected chi connectivity index (χ0v) is 23.2. The van der Waals surface area contributed by atoms with Gasteiger partial charge in [0.15, 0.2) is 5.82 Å². The molecule has 0 spiro atoms. The minimum absolute atomic E-state index is 0.216. The zero-order valence-electron chi connectivity index (χ0n) is 22.4. The summed E-state index contributed by atoms with van der Waals surface area (Å²) in [7, 11) is -2.25. The topological polar surface area (TPSA) is 90.7 Å². The Morgan fingerprint density at radius 1 is 0.923 bits per heavy atom. The average molecular weight is 544 g/mol. The molecule has 9 heteroatoms. The van der Waals surface area contributed by atoms with Crippen molar-refractivity contribution in [2.45, 2.75) is 26.4 Å². The molecule has 0 amide bonds. The van der Waals surface area contributed by atoms with Crippen LogP contribution in [0.25, 0.3) is 32.9 Å². The second kappa shape index (κ2) is 9.74. The van der Waals surface area contributed by atoms with E-state index in [0.29, 0.717) is 38.8 Å². The fourth-order valence-corrected chi connectivity index (χ4v) is 5.63. The number of rotatable bonds is 5. The molecule has 39 heavy (non-hydrogen) atoms. The zero-order chi connectivity index (χ0) is 27.9. The summed E-state index contributed by atoms with van der Waals surface area (Å²) >= 11 is 0. The standard InChI is InChI=1S/C30H29N3O5S/c1-30(2,3)38-29(34)32-24-17-16-22(37-4)18-23(24)27-25(32)19-31-28(26(27)20-12-8-6-9-13-20)33(39(5,35)36)21-14-10-7-11-15-21/h6-19H,1-5H3. The summed E-state index contributed by atoms with van der Waals surface area (Å²) in [6.45, 7) is 5.41. The Bertz CT molecular complexity index is 1790. The molecule has 5 rings (SSSR count). The first-order chi connectivity index (χ1) is 18.5. The number of sulfonamides is 1. The lowest BCUT2D eigenvalue weighted by Crippen LogP contribution is -2.27. The molecule has 0 saturated carbocycles. The number of carbonyl (C=O) groups is 1. The van der Waals surface area contributed by atoms with Crippen LogP contribution in [0.1, 0.15) is 20.8 Å². The minimum Gasteiger partial charge on any atom is -0.497 e. The molecular formula is C30H29N3O5S. The van der Waals surface area contributed by atoms with E-state index in [1.807, 2.05) is 42.5 Å². The van der Waals surface area contributed by atoms with Crippen LogP contribution in [0.4, 0.5) is 16.3 Å². The fourth-order valence-electron chi connectivity index (χ4n) is 4.67. The first-order valence-corrected chi connectivity index (χ1v) is 14.2. The van der Waals surface area contributed by atoms with E-state index in [2.05, 4.69) is 0 Å². The van der Waals surface area contributed by atoms with Crippen molar-refractivity contribution in [3.8, 4) is 16.9 Å². The fraction of sp³-hybridized carbons (Fsp3) is 0.200. The summed E-state index contributed by atoms with van der Waals surface area (Å²) in [5.74, 6) is 0.805. The van der Waals surface area contributed by atoms with E-state index in [-0.39, 0.29) is 5.82 Å². The van der Waals surface area contributed by atoms with Crippen LogP contribution in [0.5, 0.6) is 5.75 Å². The summed E-state index contributed by atoms with van der Waals surface area (Å²) in [4.78, 5) is 18.2. The van der Waals surface area contributed by atoms with Crippen LogP contribution in [0.15, 0.2) is 85.1 Å². The highest BCUT2D eigenvalue weighted by atomic mass is 32.2. The molecule has 0 unspecified atom stereocenters. The second-order valence-corrected chi connectivity index (χ2v) is 12.0. The molecule has 5 aromatic rings. The van der Waals surface area contributed by atoms with Crippen LogP contribution in [-0.4, -0.2) is 43.0 Å².